The van der Waals surface area contributed by atoms with E-state index < -0.39 is 0 Å². The van der Waals surface area contributed by atoms with E-state index >= 15 is 0 Å². The fourth-order valence-corrected chi connectivity index (χ4v) is 1.67. The second-order valence-corrected chi connectivity index (χ2v) is 3.81. The number of hydrogen-bond donors (Lipinski definition) is 0. The third kappa shape index (κ3) is 3.64. The summed E-state index contributed by atoms with van der Waals surface area (Å²) >= 11 is 5.72. The summed E-state index contributed by atoms with van der Waals surface area (Å²) in [6.07, 6.45) is 3.80. The Morgan fingerprint density at radius 3 is 2.79 bits per heavy atom. The third-order valence-corrected chi connectivity index (χ3v) is 2.35. The van der Waals surface area contributed by atoms with Crippen molar-refractivity contribution in [2.24, 2.45) is 0 Å². The lowest BCUT2D eigenvalue weighted by molar-refractivity contribution is 0.297. The van der Waals surface area contributed by atoms with Crippen molar-refractivity contribution < 1.29 is 0 Å². The smallest absolute Gasteiger partial charge is 0.0351 e. The van der Waals surface area contributed by atoms with Gasteiger partial charge in [-0.3, -0.25) is 9.88 Å². The van der Waals surface area contributed by atoms with Crippen molar-refractivity contribution in [2.75, 3.05) is 19.0 Å². The van der Waals surface area contributed by atoms with Gasteiger partial charge in [0.05, 0.1) is 0 Å². The van der Waals surface area contributed by atoms with Crippen LogP contribution in [0.1, 0.15) is 18.1 Å². The van der Waals surface area contributed by atoms with E-state index in [4.69, 9.17) is 11.6 Å². The number of aryl methyl sites for hydroxylation is 1. The lowest BCUT2D eigenvalue weighted by atomic mass is 10.2. The summed E-state index contributed by atoms with van der Waals surface area (Å²) in [5.41, 5.74) is 2.47. The largest absolute Gasteiger partial charge is 0.298 e. The minimum Gasteiger partial charge on any atom is -0.298 e. The predicted octanol–water partition coefficient (Wildman–Crippen LogP) is 2.45. The van der Waals surface area contributed by atoms with Crippen molar-refractivity contribution in [1.29, 1.82) is 0 Å². The second kappa shape index (κ2) is 5.99. The SMILES string of the molecule is CCN(CCCl)Cc1cncc(C)c1. The Morgan fingerprint density at radius 2 is 2.21 bits per heavy atom. The molecular formula is C11H17ClN2. The first kappa shape index (κ1) is 11.5. The molecule has 2 nitrogen and oxygen atoms in total. The van der Waals surface area contributed by atoms with Crippen molar-refractivity contribution in [1.82, 2.24) is 9.88 Å². The Morgan fingerprint density at radius 1 is 1.43 bits per heavy atom. The number of hydrogen-bond acceptors (Lipinski definition) is 2. The van der Waals surface area contributed by atoms with E-state index in [2.05, 4.69) is 29.8 Å². The maximum Gasteiger partial charge on any atom is 0.0351 e. The molecule has 1 heterocycles. The average Bonchev–Trinajstić information content (AvgIpc) is 2.17. The highest BCUT2D eigenvalue weighted by Crippen LogP contribution is 2.05. The maximum absolute atomic E-state index is 5.72. The molecule has 1 rings (SSSR count). The zero-order chi connectivity index (χ0) is 10.4. The highest BCUT2D eigenvalue weighted by molar-refractivity contribution is 6.18. The molecule has 0 amide bonds. The van der Waals surface area contributed by atoms with Gasteiger partial charge in [0.2, 0.25) is 0 Å². The summed E-state index contributed by atoms with van der Waals surface area (Å²) in [7, 11) is 0. The summed E-state index contributed by atoms with van der Waals surface area (Å²) in [5.74, 6) is 0.688. The molecule has 0 spiro atoms. The van der Waals surface area contributed by atoms with Gasteiger partial charge in [-0.2, -0.15) is 0 Å². The van der Waals surface area contributed by atoms with Crippen molar-refractivity contribution in [3.05, 3.63) is 29.6 Å². The predicted molar refractivity (Wildman–Crippen MR) is 60.6 cm³/mol. The van der Waals surface area contributed by atoms with Crippen LogP contribution in [0.3, 0.4) is 0 Å². The lowest BCUT2D eigenvalue weighted by Crippen LogP contribution is -2.24. The molecule has 0 aromatic carbocycles. The van der Waals surface area contributed by atoms with E-state index in [9.17, 15) is 0 Å². The molecule has 1 aromatic rings. The van der Waals surface area contributed by atoms with Gasteiger partial charge < -0.3 is 0 Å². The van der Waals surface area contributed by atoms with Crippen LogP contribution in [0.5, 0.6) is 0 Å². The Bertz CT molecular complexity index is 276. The number of alkyl halides is 1. The van der Waals surface area contributed by atoms with Gasteiger partial charge in [0, 0.05) is 31.4 Å². The Hall–Kier alpha value is -0.600. The second-order valence-electron chi connectivity index (χ2n) is 3.43. The molecule has 0 aliphatic heterocycles. The molecule has 0 fully saturated rings. The molecule has 0 bridgehead atoms. The van der Waals surface area contributed by atoms with E-state index in [1.807, 2.05) is 12.4 Å². The van der Waals surface area contributed by atoms with Gasteiger partial charge in [-0.1, -0.05) is 13.0 Å². The van der Waals surface area contributed by atoms with Crippen LogP contribution in [0, 0.1) is 6.92 Å². The number of aromatic nitrogens is 1. The van der Waals surface area contributed by atoms with E-state index in [1.54, 1.807) is 0 Å². The maximum atomic E-state index is 5.72. The molecule has 0 radical (unpaired) electrons. The zero-order valence-corrected chi connectivity index (χ0v) is 9.59. The number of rotatable bonds is 5. The van der Waals surface area contributed by atoms with Gasteiger partial charge in [-0.25, -0.2) is 0 Å². The van der Waals surface area contributed by atoms with Crippen LogP contribution in [0.15, 0.2) is 18.5 Å². The van der Waals surface area contributed by atoms with Gasteiger partial charge in [0.25, 0.3) is 0 Å². The topological polar surface area (TPSA) is 16.1 Å². The Labute approximate surface area is 90.9 Å². The highest BCUT2D eigenvalue weighted by atomic mass is 35.5. The first-order chi connectivity index (χ1) is 6.76. The van der Waals surface area contributed by atoms with E-state index in [-0.39, 0.29) is 0 Å². The van der Waals surface area contributed by atoms with Crippen molar-refractivity contribution in [3.8, 4) is 0 Å². The number of pyridine rings is 1. The van der Waals surface area contributed by atoms with Crippen LogP contribution in [-0.4, -0.2) is 28.9 Å². The molecule has 0 atom stereocenters. The summed E-state index contributed by atoms with van der Waals surface area (Å²) in [6, 6.07) is 2.17. The zero-order valence-electron chi connectivity index (χ0n) is 8.83. The van der Waals surface area contributed by atoms with Crippen LogP contribution in [0.25, 0.3) is 0 Å². The van der Waals surface area contributed by atoms with Gasteiger partial charge in [-0.15, -0.1) is 11.6 Å². The number of halogens is 1. The first-order valence-electron chi connectivity index (χ1n) is 4.95. The minimum absolute atomic E-state index is 0.688. The van der Waals surface area contributed by atoms with Crippen LogP contribution < -0.4 is 0 Å². The molecule has 0 aliphatic rings. The standard InChI is InChI=1S/C11H17ClN2/c1-3-14(5-4-12)9-11-6-10(2)7-13-8-11/h6-8H,3-5,9H2,1-2H3. The number of nitrogens with zero attached hydrogens (tertiary/aromatic N) is 2. The third-order valence-electron chi connectivity index (χ3n) is 2.19. The van der Waals surface area contributed by atoms with Crippen LogP contribution in [0.2, 0.25) is 0 Å². The first-order valence-corrected chi connectivity index (χ1v) is 5.48. The van der Waals surface area contributed by atoms with Crippen molar-refractivity contribution in [2.45, 2.75) is 20.4 Å². The summed E-state index contributed by atoms with van der Waals surface area (Å²) in [6.45, 7) is 7.12. The van der Waals surface area contributed by atoms with Crippen LogP contribution in [-0.2, 0) is 6.54 Å². The lowest BCUT2D eigenvalue weighted by Gasteiger charge is -2.18. The van der Waals surface area contributed by atoms with E-state index in [0.29, 0.717) is 5.88 Å². The van der Waals surface area contributed by atoms with Gasteiger partial charge in [-0.05, 0) is 24.6 Å². The molecule has 78 valence electrons. The molecule has 3 heteroatoms. The van der Waals surface area contributed by atoms with E-state index in [1.165, 1.54) is 11.1 Å². The van der Waals surface area contributed by atoms with Crippen LogP contribution >= 0.6 is 11.6 Å². The molecule has 0 saturated carbocycles. The Balaban J connectivity index is 2.57. The fourth-order valence-electron chi connectivity index (χ4n) is 1.43. The van der Waals surface area contributed by atoms with Gasteiger partial charge in [0.15, 0.2) is 0 Å². The molecule has 1 aromatic heterocycles. The van der Waals surface area contributed by atoms with E-state index in [0.717, 1.165) is 19.6 Å². The molecular weight excluding hydrogens is 196 g/mol. The minimum atomic E-state index is 0.688. The highest BCUT2D eigenvalue weighted by Gasteiger charge is 2.02. The fraction of sp³-hybridized carbons (Fsp3) is 0.545. The van der Waals surface area contributed by atoms with Crippen molar-refractivity contribution >= 4 is 11.6 Å². The molecule has 0 N–H and O–H groups in total. The average molecular weight is 213 g/mol. The summed E-state index contributed by atoms with van der Waals surface area (Å²) in [4.78, 5) is 6.48. The summed E-state index contributed by atoms with van der Waals surface area (Å²) in [5, 5.41) is 0. The molecule has 0 saturated heterocycles. The van der Waals surface area contributed by atoms with Gasteiger partial charge in [0.1, 0.15) is 0 Å². The van der Waals surface area contributed by atoms with Gasteiger partial charge >= 0.3 is 0 Å². The Kier molecular flexibility index (Phi) is 4.91. The monoisotopic (exact) mass is 212 g/mol. The quantitative estimate of drug-likeness (QED) is 0.698. The van der Waals surface area contributed by atoms with Crippen molar-refractivity contribution in [3.63, 3.8) is 0 Å². The molecule has 0 aliphatic carbocycles. The van der Waals surface area contributed by atoms with Crippen LogP contribution in [0.4, 0.5) is 0 Å². The summed E-state index contributed by atoms with van der Waals surface area (Å²) < 4.78 is 0. The normalized spacial score (nSPS) is 10.9. The molecule has 14 heavy (non-hydrogen) atoms. The molecule has 0 unspecified atom stereocenters.